The SMILES string of the molecule is N#Cc1ccc(N2CCC(NC(=O)NCCc3cccs3)CC2)nc1. The van der Waals surface area contributed by atoms with Crippen molar-refractivity contribution in [2.24, 2.45) is 0 Å². The molecule has 2 aromatic heterocycles. The molecule has 3 heterocycles. The van der Waals surface area contributed by atoms with Crippen molar-refractivity contribution < 1.29 is 4.79 Å². The molecular weight excluding hydrogens is 334 g/mol. The Bertz CT molecular complexity index is 715. The minimum Gasteiger partial charge on any atom is -0.356 e. The largest absolute Gasteiger partial charge is 0.356 e. The lowest BCUT2D eigenvalue weighted by Crippen LogP contribution is -2.48. The van der Waals surface area contributed by atoms with Crippen LogP contribution in [0.3, 0.4) is 0 Å². The molecule has 1 aliphatic rings. The lowest BCUT2D eigenvalue weighted by atomic mass is 10.1. The van der Waals surface area contributed by atoms with Crippen LogP contribution in [0, 0.1) is 11.3 Å². The van der Waals surface area contributed by atoms with E-state index in [-0.39, 0.29) is 12.1 Å². The fourth-order valence-corrected chi connectivity index (χ4v) is 3.59. The van der Waals surface area contributed by atoms with E-state index in [0.29, 0.717) is 12.1 Å². The Hall–Kier alpha value is -2.59. The van der Waals surface area contributed by atoms with E-state index in [1.54, 1.807) is 23.6 Å². The first-order valence-electron chi connectivity index (χ1n) is 8.42. The smallest absolute Gasteiger partial charge is 0.315 e. The number of nitrogens with one attached hydrogen (secondary N) is 2. The van der Waals surface area contributed by atoms with Gasteiger partial charge in [-0.1, -0.05) is 6.07 Å². The van der Waals surface area contributed by atoms with Gasteiger partial charge in [-0.15, -0.1) is 11.3 Å². The molecule has 0 bridgehead atoms. The topological polar surface area (TPSA) is 81.0 Å². The molecule has 25 heavy (non-hydrogen) atoms. The number of hydrogen-bond acceptors (Lipinski definition) is 5. The Labute approximate surface area is 151 Å². The summed E-state index contributed by atoms with van der Waals surface area (Å²) in [6, 6.07) is 9.95. The maximum Gasteiger partial charge on any atom is 0.315 e. The molecule has 0 atom stereocenters. The van der Waals surface area contributed by atoms with Gasteiger partial charge in [0.25, 0.3) is 0 Å². The second-order valence-electron chi connectivity index (χ2n) is 6.01. The van der Waals surface area contributed by atoms with Gasteiger partial charge < -0.3 is 15.5 Å². The Morgan fingerprint density at radius 1 is 1.36 bits per heavy atom. The van der Waals surface area contributed by atoms with Crippen molar-refractivity contribution in [3.8, 4) is 6.07 Å². The van der Waals surface area contributed by atoms with E-state index in [0.717, 1.165) is 38.2 Å². The molecule has 0 aromatic carbocycles. The molecule has 6 nitrogen and oxygen atoms in total. The number of pyridine rings is 1. The molecule has 0 spiro atoms. The van der Waals surface area contributed by atoms with Crippen LogP contribution in [-0.2, 0) is 6.42 Å². The normalized spacial score (nSPS) is 14.8. The number of urea groups is 1. The molecule has 1 fully saturated rings. The number of carbonyl (C=O) groups excluding carboxylic acids is 1. The van der Waals surface area contributed by atoms with Gasteiger partial charge in [-0.2, -0.15) is 5.26 Å². The average Bonchev–Trinajstić information content (AvgIpc) is 3.16. The van der Waals surface area contributed by atoms with E-state index < -0.39 is 0 Å². The Kier molecular flexibility index (Phi) is 5.86. The molecule has 7 heteroatoms. The number of carbonyl (C=O) groups is 1. The first-order chi connectivity index (χ1) is 12.2. The maximum atomic E-state index is 12.0. The summed E-state index contributed by atoms with van der Waals surface area (Å²) in [7, 11) is 0. The number of aromatic nitrogens is 1. The third kappa shape index (κ3) is 4.94. The summed E-state index contributed by atoms with van der Waals surface area (Å²) in [6.45, 7) is 2.35. The highest BCUT2D eigenvalue weighted by molar-refractivity contribution is 7.09. The van der Waals surface area contributed by atoms with Crippen molar-refractivity contribution in [3.05, 3.63) is 46.3 Å². The molecule has 1 aliphatic heterocycles. The molecule has 130 valence electrons. The van der Waals surface area contributed by atoms with Crippen LogP contribution in [0.15, 0.2) is 35.8 Å². The molecule has 0 unspecified atom stereocenters. The second kappa shape index (κ2) is 8.49. The number of anilines is 1. The lowest BCUT2D eigenvalue weighted by molar-refractivity contribution is 0.234. The first kappa shape index (κ1) is 17.2. The van der Waals surface area contributed by atoms with Crippen LogP contribution in [0.5, 0.6) is 0 Å². The van der Waals surface area contributed by atoms with Gasteiger partial charge in [0.1, 0.15) is 11.9 Å². The monoisotopic (exact) mass is 355 g/mol. The number of nitriles is 1. The van der Waals surface area contributed by atoms with Gasteiger partial charge in [-0.3, -0.25) is 0 Å². The molecule has 2 aromatic rings. The van der Waals surface area contributed by atoms with Crippen molar-refractivity contribution in [2.75, 3.05) is 24.5 Å². The van der Waals surface area contributed by atoms with Crippen LogP contribution in [0.1, 0.15) is 23.3 Å². The zero-order chi connectivity index (χ0) is 17.5. The number of thiophene rings is 1. The minimum atomic E-state index is -0.0912. The molecular formula is C18H21N5OS. The number of nitrogens with zero attached hydrogens (tertiary/aromatic N) is 3. The predicted molar refractivity (Wildman–Crippen MR) is 98.7 cm³/mol. The highest BCUT2D eigenvalue weighted by atomic mass is 32.1. The van der Waals surface area contributed by atoms with Gasteiger partial charge in [-0.05, 0) is 42.8 Å². The van der Waals surface area contributed by atoms with Crippen molar-refractivity contribution in [1.29, 1.82) is 5.26 Å². The van der Waals surface area contributed by atoms with Crippen LogP contribution in [-0.4, -0.2) is 36.7 Å². The van der Waals surface area contributed by atoms with Crippen LogP contribution in [0.25, 0.3) is 0 Å². The number of piperidine rings is 1. The average molecular weight is 355 g/mol. The molecule has 2 N–H and O–H groups in total. The van der Waals surface area contributed by atoms with E-state index in [2.05, 4.69) is 32.7 Å². The maximum absolute atomic E-state index is 12.0. The van der Waals surface area contributed by atoms with Gasteiger partial charge in [0, 0.05) is 36.8 Å². The third-order valence-corrected chi connectivity index (χ3v) is 5.20. The summed E-state index contributed by atoms with van der Waals surface area (Å²) < 4.78 is 0. The summed E-state index contributed by atoms with van der Waals surface area (Å²) in [5.74, 6) is 0.887. The van der Waals surface area contributed by atoms with Gasteiger partial charge in [0.2, 0.25) is 0 Å². The summed E-state index contributed by atoms with van der Waals surface area (Å²) in [4.78, 5) is 19.8. The van der Waals surface area contributed by atoms with Crippen molar-refractivity contribution in [3.63, 3.8) is 0 Å². The van der Waals surface area contributed by atoms with E-state index in [9.17, 15) is 4.79 Å². The van der Waals surface area contributed by atoms with E-state index in [4.69, 9.17) is 5.26 Å². The number of hydrogen-bond donors (Lipinski definition) is 2. The Balaban J connectivity index is 1.38. The highest BCUT2D eigenvalue weighted by Gasteiger charge is 2.21. The van der Waals surface area contributed by atoms with Gasteiger partial charge >= 0.3 is 6.03 Å². The molecule has 2 amide bonds. The molecule has 3 rings (SSSR count). The highest BCUT2D eigenvalue weighted by Crippen LogP contribution is 2.18. The van der Waals surface area contributed by atoms with E-state index >= 15 is 0 Å². The Morgan fingerprint density at radius 2 is 2.20 bits per heavy atom. The Morgan fingerprint density at radius 3 is 2.84 bits per heavy atom. The second-order valence-corrected chi connectivity index (χ2v) is 7.04. The zero-order valence-electron chi connectivity index (χ0n) is 13.9. The minimum absolute atomic E-state index is 0.0912. The summed E-state index contributed by atoms with van der Waals surface area (Å²) in [6.07, 6.45) is 4.24. The van der Waals surface area contributed by atoms with E-state index in [1.165, 1.54) is 4.88 Å². The van der Waals surface area contributed by atoms with Crippen LogP contribution >= 0.6 is 11.3 Å². The molecule has 1 saturated heterocycles. The standard InChI is InChI=1S/C18H21N5OS/c19-12-14-3-4-17(21-13-14)23-9-6-15(7-10-23)22-18(24)20-8-5-16-2-1-11-25-16/h1-4,11,13,15H,5-10H2,(H2,20,22,24). The van der Waals surface area contributed by atoms with Gasteiger partial charge in [0.15, 0.2) is 0 Å². The van der Waals surface area contributed by atoms with Crippen LogP contribution < -0.4 is 15.5 Å². The predicted octanol–water partition coefficient (Wildman–Crippen LogP) is 2.53. The van der Waals surface area contributed by atoms with Crippen molar-refractivity contribution in [2.45, 2.75) is 25.3 Å². The molecule has 0 aliphatic carbocycles. The fourth-order valence-electron chi connectivity index (χ4n) is 2.88. The van der Waals surface area contributed by atoms with Gasteiger partial charge in [-0.25, -0.2) is 9.78 Å². The summed E-state index contributed by atoms with van der Waals surface area (Å²) >= 11 is 1.71. The fraction of sp³-hybridized carbons (Fsp3) is 0.389. The summed E-state index contributed by atoms with van der Waals surface area (Å²) in [5, 5.41) is 16.8. The van der Waals surface area contributed by atoms with Crippen molar-refractivity contribution in [1.82, 2.24) is 15.6 Å². The first-order valence-corrected chi connectivity index (χ1v) is 9.30. The summed E-state index contributed by atoms with van der Waals surface area (Å²) in [5.41, 5.74) is 0.569. The van der Waals surface area contributed by atoms with Crippen LogP contribution in [0.4, 0.5) is 10.6 Å². The lowest BCUT2D eigenvalue weighted by Gasteiger charge is -2.33. The quantitative estimate of drug-likeness (QED) is 0.863. The molecule has 0 radical (unpaired) electrons. The van der Waals surface area contributed by atoms with Crippen molar-refractivity contribution >= 4 is 23.2 Å². The van der Waals surface area contributed by atoms with E-state index in [1.807, 2.05) is 17.5 Å². The molecule has 0 saturated carbocycles. The van der Waals surface area contributed by atoms with Gasteiger partial charge in [0.05, 0.1) is 5.56 Å². The third-order valence-electron chi connectivity index (χ3n) is 4.27. The van der Waals surface area contributed by atoms with Crippen LogP contribution in [0.2, 0.25) is 0 Å². The number of amides is 2. The zero-order valence-corrected chi connectivity index (χ0v) is 14.8. The number of rotatable bonds is 5.